The van der Waals surface area contributed by atoms with Gasteiger partial charge in [-0.2, -0.15) is 5.26 Å². The first-order valence-electron chi connectivity index (χ1n) is 22.2. The number of para-hydroxylation sites is 3. The van der Waals surface area contributed by atoms with Gasteiger partial charge in [0.1, 0.15) is 5.58 Å². The second-order valence-corrected chi connectivity index (χ2v) is 17.3. The number of furan rings is 1. The van der Waals surface area contributed by atoms with Crippen LogP contribution in [0.15, 0.2) is 175 Å². The van der Waals surface area contributed by atoms with Crippen LogP contribution in [-0.2, 0) is 20.1 Å². The minimum atomic E-state index is -0.274. The van der Waals surface area contributed by atoms with Crippen molar-refractivity contribution in [2.24, 2.45) is 0 Å². The Balaban J connectivity index is 0.000000230. The van der Waals surface area contributed by atoms with Crippen molar-refractivity contribution in [1.82, 2.24) is 18.9 Å². The number of halogens is 1. The summed E-state index contributed by atoms with van der Waals surface area (Å²) in [4.78, 5) is 9.59. The molecular formula is C59H42FIrN5O-2. The van der Waals surface area contributed by atoms with E-state index in [4.69, 9.17) is 9.40 Å². The third-order valence-electron chi connectivity index (χ3n) is 12.5. The molecule has 0 bridgehead atoms. The summed E-state index contributed by atoms with van der Waals surface area (Å²) < 4.78 is 24.3. The summed E-state index contributed by atoms with van der Waals surface area (Å²) in [6.45, 7) is 9.07. The van der Waals surface area contributed by atoms with Gasteiger partial charge in [0, 0.05) is 54.9 Å². The first kappa shape index (κ1) is 43.2. The van der Waals surface area contributed by atoms with Crippen molar-refractivity contribution < 1.29 is 28.9 Å². The fourth-order valence-corrected chi connectivity index (χ4v) is 9.33. The molecule has 0 aliphatic heterocycles. The molecule has 4 heterocycles. The van der Waals surface area contributed by atoms with Gasteiger partial charge in [-0.15, -0.1) is 36.4 Å². The second-order valence-electron chi connectivity index (χ2n) is 17.3. The van der Waals surface area contributed by atoms with Crippen molar-refractivity contribution in [3.8, 4) is 45.4 Å². The molecule has 12 rings (SSSR count). The fraction of sp³-hybridized carbons (Fsp3) is 0.102. The molecule has 0 aliphatic carbocycles. The molecular weight excluding hydrogens is 1010 g/mol. The summed E-state index contributed by atoms with van der Waals surface area (Å²) in [5.41, 5.74) is 15.0. The molecule has 0 aliphatic rings. The van der Waals surface area contributed by atoms with E-state index in [9.17, 15) is 9.65 Å². The zero-order valence-corrected chi connectivity index (χ0v) is 39.6. The largest absolute Gasteiger partial charge is 0.500 e. The first-order chi connectivity index (χ1) is 32.2. The van der Waals surface area contributed by atoms with Gasteiger partial charge in [-0.3, -0.25) is 14.4 Å². The first-order valence-corrected chi connectivity index (χ1v) is 22.2. The minimum absolute atomic E-state index is 0. The third-order valence-corrected chi connectivity index (χ3v) is 12.5. The Morgan fingerprint density at radius 2 is 1.33 bits per heavy atom. The predicted octanol–water partition coefficient (Wildman–Crippen LogP) is 15.4. The summed E-state index contributed by atoms with van der Waals surface area (Å²) in [7, 11) is 0. The monoisotopic (exact) mass is 1050 g/mol. The van der Waals surface area contributed by atoms with Crippen LogP contribution in [0.5, 0.6) is 0 Å². The zero-order valence-electron chi connectivity index (χ0n) is 37.2. The Hall–Kier alpha value is -7.69. The van der Waals surface area contributed by atoms with Gasteiger partial charge in [-0.25, -0.2) is 0 Å². The van der Waals surface area contributed by atoms with E-state index in [1.807, 2.05) is 65.2 Å². The van der Waals surface area contributed by atoms with Crippen molar-refractivity contribution in [3.63, 3.8) is 0 Å². The van der Waals surface area contributed by atoms with Crippen LogP contribution in [-0.4, -0.2) is 18.9 Å². The predicted molar refractivity (Wildman–Crippen MR) is 265 cm³/mol. The topological polar surface area (TPSA) is 72.0 Å². The molecule has 0 N–H and O–H groups in total. The van der Waals surface area contributed by atoms with Crippen LogP contribution in [0, 0.1) is 29.3 Å². The average Bonchev–Trinajstić information content (AvgIpc) is 4.10. The summed E-state index contributed by atoms with van der Waals surface area (Å²) in [6.07, 6.45) is 3.66. The summed E-state index contributed by atoms with van der Waals surface area (Å²) in [5.74, 6) is 0.990. The van der Waals surface area contributed by atoms with Crippen molar-refractivity contribution in [1.29, 1.82) is 5.26 Å². The smallest absolute Gasteiger partial charge is 0.122 e. The van der Waals surface area contributed by atoms with Crippen molar-refractivity contribution in [3.05, 3.63) is 205 Å². The van der Waals surface area contributed by atoms with Crippen LogP contribution < -0.4 is 0 Å². The molecule has 4 aromatic heterocycles. The van der Waals surface area contributed by atoms with E-state index in [0.717, 1.165) is 66.2 Å². The van der Waals surface area contributed by atoms with Crippen LogP contribution in [0.25, 0.3) is 99.6 Å². The quantitative estimate of drug-likeness (QED) is 0.123. The number of benzene rings is 8. The van der Waals surface area contributed by atoms with Gasteiger partial charge in [0.05, 0.1) is 39.7 Å². The molecule has 12 aromatic rings. The maximum Gasteiger partial charge on any atom is 0.122 e. The molecule has 0 spiro atoms. The minimum Gasteiger partial charge on any atom is -0.500 e. The van der Waals surface area contributed by atoms with Gasteiger partial charge < -0.3 is 13.4 Å². The number of nitrogens with zero attached hydrogens (tertiary/aromatic N) is 5. The molecule has 1 radical (unpaired) electrons. The summed E-state index contributed by atoms with van der Waals surface area (Å²) in [6, 6.07) is 61.6. The SMILES string of the molecule is CC(C)c1cc(-c2ccc(-c3ccccc3)cc2)cc(C(C)C)c1-n1c(-c2[c-]ccc3c2oc2cc(C#N)ccc23)nc2ccccc21.Fc1c[c-]c2c(c1)c1ccccc1n1ccnc21.[Ir]. The Labute approximate surface area is 400 Å². The summed E-state index contributed by atoms with van der Waals surface area (Å²) in [5, 5.41) is 14.2. The average molecular weight is 1050 g/mol. The van der Waals surface area contributed by atoms with E-state index >= 15 is 0 Å². The number of rotatable bonds is 6. The molecule has 8 heteroatoms. The van der Waals surface area contributed by atoms with E-state index in [0.29, 0.717) is 16.7 Å². The van der Waals surface area contributed by atoms with Gasteiger partial charge in [0.2, 0.25) is 0 Å². The van der Waals surface area contributed by atoms with Crippen molar-refractivity contribution in [2.45, 2.75) is 39.5 Å². The number of fused-ring (bicyclic) bond motifs is 10. The number of imidazole rings is 2. The number of hydrogen-bond donors (Lipinski definition) is 0. The zero-order chi connectivity index (χ0) is 45.1. The van der Waals surface area contributed by atoms with Crippen LogP contribution >= 0.6 is 0 Å². The van der Waals surface area contributed by atoms with E-state index in [1.165, 1.54) is 39.4 Å². The standard InChI is InChI=1S/C44H34N3O.C15H8FN2.Ir/c1-27(2)37-24-33(32-20-18-31(19-21-32)30-11-6-5-7-12-30)25-38(28(3)4)42(37)47-40-16-9-8-15-39(40)46-44(47)36-14-10-13-35-34-22-17-29(26-45)23-41(34)48-43(35)36;16-10-5-6-12-13(9-10)11-3-1-2-4-14(11)18-8-7-17-15(12)18;/h5-13,15-25,27-28H,1-4H3;1-5,7-9H;/q2*-1;. The number of nitriles is 1. The maximum absolute atomic E-state index is 13.4. The molecule has 0 amide bonds. The van der Waals surface area contributed by atoms with E-state index in [-0.39, 0.29) is 37.8 Å². The van der Waals surface area contributed by atoms with E-state index in [1.54, 1.807) is 18.3 Å². The van der Waals surface area contributed by atoms with Gasteiger partial charge in [0.15, 0.2) is 0 Å². The molecule has 327 valence electrons. The number of hydrogen-bond acceptors (Lipinski definition) is 4. The van der Waals surface area contributed by atoms with Gasteiger partial charge in [-0.1, -0.05) is 140 Å². The molecule has 0 fully saturated rings. The Morgan fingerprint density at radius 3 is 2.06 bits per heavy atom. The van der Waals surface area contributed by atoms with Crippen LogP contribution in [0.4, 0.5) is 4.39 Å². The molecule has 0 saturated carbocycles. The van der Waals surface area contributed by atoms with Gasteiger partial charge in [0.25, 0.3) is 0 Å². The number of aromatic nitrogens is 4. The van der Waals surface area contributed by atoms with Crippen LogP contribution in [0.2, 0.25) is 0 Å². The maximum atomic E-state index is 13.4. The second kappa shape index (κ2) is 17.6. The van der Waals surface area contributed by atoms with E-state index < -0.39 is 0 Å². The molecule has 0 saturated heterocycles. The molecule has 67 heavy (non-hydrogen) atoms. The van der Waals surface area contributed by atoms with Gasteiger partial charge >= 0.3 is 0 Å². The third kappa shape index (κ3) is 7.57. The van der Waals surface area contributed by atoms with Crippen LogP contribution in [0.3, 0.4) is 0 Å². The Morgan fingerprint density at radius 1 is 0.657 bits per heavy atom. The molecule has 0 atom stereocenters. The molecule has 6 nitrogen and oxygen atoms in total. The summed E-state index contributed by atoms with van der Waals surface area (Å²) >= 11 is 0. The fourth-order valence-electron chi connectivity index (χ4n) is 9.33. The van der Waals surface area contributed by atoms with Crippen LogP contribution in [0.1, 0.15) is 56.2 Å². The Bertz CT molecular complexity index is 3830. The van der Waals surface area contributed by atoms with Gasteiger partial charge in [-0.05, 0) is 93.1 Å². The molecule has 8 aromatic carbocycles. The van der Waals surface area contributed by atoms with Crippen molar-refractivity contribution >= 4 is 60.3 Å². The Kier molecular flexibility index (Phi) is 11.4. The normalized spacial score (nSPS) is 11.5. The molecule has 0 unspecified atom stereocenters. The number of pyridine rings is 1. The van der Waals surface area contributed by atoms with Crippen molar-refractivity contribution in [2.75, 3.05) is 0 Å². The van der Waals surface area contributed by atoms with E-state index in [2.05, 4.69) is 140 Å².